The fraction of sp³-hybridized carbons (Fsp3) is 0.188. The molecule has 1 N–H and O–H groups in total. The molecular formula is C32H32N6O3. The topological polar surface area (TPSA) is 92.6 Å². The zero-order chi connectivity index (χ0) is 28.8. The van der Waals surface area contributed by atoms with Crippen molar-refractivity contribution in [2.24, 2.45) is 0 Å². The van der Waals surface area contributed by atoms with Crippen molar-refractivity contribution >= 4 is 34.2 Å². The van der Waals surface area contributed by atoms with Crippen molar-refractivity contribution in [1.82, 2.24) is 19.9 Å². The van der Waals surface area contributed by atoms with Crippen molar-refractivity contribution in [2.45, 2.75) is 19.1 Å². The zero-order valence-electron chi connectivity index (χ0n) is 23.3. The summed E-state index contributed by atoms with van der Waals surface area (Å²) >= 11 is 0. The average molecular weight is 549 g/mol. The van der Waals surface area contributed by atoms with E-state index < -0.39 is 6.04 Å². The number of carbonyl (C=O) groups is 2. The highest BCUT2D eigenvalue weighted by Gasteiger charge is 2.32. The number of hydrogen-bond acceptors (Lipinski definition) is 6. The fourth-order valence-electron chi connectivity index (χ4n) is 4.67. The van der Waals surface area contributed by atoms with Gasteiger partial charge in [0.2, 0.25) is 5.91 Å². The number of methoxy groups -OCH3 is 1. The molecule has 1 aromatic heterocycles. The summed E-state index contributed by atoms with van der Waals surface area (Å²) in [6.45, 7) is 0.140. The second-order valence-electron chi connectivity index (χ2n) is 9.85. The van der Waals surface area contributed by atoms with Gasteiger partial charge in [0, 0.05) is 32.0 Å². The third kappa shape index (κ3) is 6.36. The van der Waals surface area contributed by atoms with Crippen molar-refractivity contribution in [3.05, 3.63) is 114 Å². The van der Waals surface area contributed by atoms with Crippen LogP contribution in [0.4, 0.5) is 11.4 Å². The number of amides is 2. The van der Waals surface area contributed by atoms with E-state index in [0.717, 1.165) is 16.8 Å². The molecule has 208 valence electrons. The van der Waals surface area contributed by atoms with Crippen molar-refractivity contribution in [1.29, 1.82) is 0 Å². The lowest BCUT2D eigenvalue weighted by atomic mass is 10.0. The number of carbonyl (C=O) groups excluding carboxylic acids is 2. The molecule has 0 fully saturated rings. The van der Waals surface area contributed by atoms with E-state index in [0.29, 0.717) is 22.5 Å². The first-order valence-corrected chi connectivity index (χ1v) is 13.3. The van der Waals surface area contributed by atoms with Crippen LogP contribution < -0.4 is 15.0 Å². The van der Waals surface area contributed by atoms with Gasteiger partial charge in [-0.25, -0.2) is 4.68 Å². The highest BCUT2D eigenvalue weighted by molar-refractivity contribution is 5.98. The minimum Gasteiger partial charge on any atom is -0.497 e. The molecule has 41 heavy (non-hydrogen) atoms. The smallest absolute Gasteiger partial charge is 0.251 e. The van der Waals surface area contributed by atoms with Crippen LogP contribution in [0.25, 0.3) is 11.0 Å². The van der Waals surface area contributed by atoms with Gasteiger partial charge >= 0.3 is 0 Å². The lowest BCUT2D eigenvalue weighted by Crippen LogP contribution is -2.42. The Morgan fingerprint density at radius 3 is 2.24 bits per heavy atom. The van der Waals surface area contributed by atoms with Crippen molar-refractivity contribution < 1.29 is 14.3 Å². The second-order valence-corrected chi connectivity index (χ2v) is 9.85. The number of ether oxygens (including phenoxy) is 1. The molecular weight excluding hydrogens is 516 g/mol. The second kappa shape index (κ2) is 12.3. The van der Waals surface area contributed by atoms with Crippen LogP contribution in [0.2, 0.25) is 0 Å². The number of hydrogen-bond donors (Lipinski definition) is 1. The Hall–Kier alpha value is -5.18. The van der Waals surface area contributed by atoms with E-state index in [-0.39, 0.29) is 24.9 Å². The van der Waals surface area contributed by atoms with E-state index in [1.54, 1.807) is 28.8 Å². The maximum Gasteiger partial charge on any atom is 0.251 e. The largest absolute Gasteiger partial charge is 0.497 e. The van der Waals surface area contributed by atoms with Crippen molar-refractivity contribution in [2.75, 3.05) is 31.4 Å². The van der Waals surface area contributed by atoms with Crippen LogP contribution in [0, 0.1) is 0 Å². The standard InChI is InChI=1S/C32H32N6O3/c1-36(2)26-17-15-25(16-18-26)33-32(40)31(24-13-19-27(41-3)20-14-24)37(21-23-9-5-4-6-10-23)30(39)22-38-29-12-8-7-11-28(29)34-35-38/h4-20,31H,21-22H2,1-3H3,(H,33,40)/t31-/m0/s1. The molecule has 9 nitrogen and oxygen atoms in total. The number of anilines is 2. The van der Waals surface area contributed by atoms with E-state index in [9.17, 15) is 9.59 Å². The van der Waals surface area contributed by atoms with Crippen LogP contribution >= 0.6 is 0 Å². The van der Waals surface area contributed by atoms with E-state index in [2.05, 4.69) is 15.6 Å². The van der Waals surface area contributed by atoms with Gasteiger partial charge in [-0.1, -0.05) is 59.8 Å². The van der Waals surface area contributed by atoms with E-state index >= 15 is 0 Å². The molecule has 0 aliphatic heterocycles. The minimum absolute atomic E-state index is 0.0786. The molecule has 0 aliphatic carbocycles. The molecule has 0 bridgehead atoms. The Labute approximate surface area is 239 Å². The van der Waals surface area contributed by atoms with Gasteiger partial charge in [-0.05, 0) is 59.7 Å². The summed E-state index contributed by atoms with van der Waals surface area (Å²) in [5, 5.41) is 11.4. The van der Waals surface area contributed by atoms with Crippen molar-refractivity contribution in [3.8, 4) is 5.75 Å². The maximum atomic E-state index is 14.1. The SMILES string of the molecule is COc1ccc([C@@H](C(=O)Nc2ccc(N(C)C)cc2)N(Cc2ccccc2)C(=O)Cn2nnc3ccccc32)cc1. The highest BCUT2D eigenvalue weighted by atomic mass is 16.5. The Morgan fingerprint density at radius 1 is 0.878 bits per heavy atom. The number of para-hydroxylation sites is 1. The summed E-state index contributed by atoms with van der Waals surface area (Å²) in [5.41, 5.74) is 4.63. The van der Waals surface area contributed by atoms with Gasteiger partial charge in [-0.15, -0.1) is 5.10 Å². The predicted molar refractivity (Wildman–Crippen MR) is 160 cm³/mol. The van der Waals surface area contributed by atoms with Crippen LogP contribution in [0.3, 0.4) is 0 Å². The maximum absolute atomic E-state index is 14.1. The van der Waals surface area contributed by atoms with Gasteiger partial charge in [0.05, 0.1) is 12.6 Å². The number of aromatic nitrogens is 3. The molecule has 1 heterocycles. The Bertz CT molecular complexity index is 1620. The molecule has 0 unspecified atom stereocenters. The third-order valence-corrected chi connectivity index (χ3v) is 6.86. The summed E-state index contributed by atoms with van der Waals surface area (Å²) in [5.74, 6) is 0.0473. The Morgan fingerprint density at radius 2 is 1.56 bits per heavy atom. The molecule has 0 aliphatic rings. The van der Waals surface area contributed by atoms with Crippen LogP contribution in [0.1, 0.15) is 17.2 Å². The van der Waals surface area contributed by atoms with Crippen LogP contribution in [-0.2, 0) is 22.7 Å². The first-order chi connectivity index (χ1) is 19.9. The third-order valence-electron chi connectivity index (χ3n) is 6.86. The lowest BCUT2D eigenvalue weighted by Gasteiger charge is -2.32. The molecule has 0 saturated heterocycles. The summed E-state index contributed by atoms with van der Waals surface area (Å²) in [6, 6.07) is 30.9. The number of nitrogens with one attached hydrogen (secondary N) is 1. The number of rotatable bonds is 10. The number of fused-ring (bicyclic) bond motifs is 1. The summed E-state index contributed by atoms with van der Waals surface area (Å²) in [4.78, 5) is 31.7. The number of nitrogens with zero attached hydrogens (tertiary/aromatic N) is 5. The molecule has 0 saturated carbocycles. The van der Waals surface area contributed by atoms with E-state index in [1.807, 2.05) is 110 Å². The summed E-state index contributed by atoms with van der Waals surface area (Å²) < 4.78 is 6.91. The number of benzene rings is 4. The summed E-state index contributed by atoms with van der Waals surface area (Å²) in [6.07, 6.45) is 0. The quantitative estimate of drug-likeness (QED) is 0.267. The molecule has 4 aromatic carbocycles. The van der Waals surface area contributed by atoms with E-state index in [4.69, 9.17) is 4.74 Å². The molecule has 1 atom stereocenters. The zero-order valence-corrected chi connectivity index (χ0v) is 23.3. The van der Waals surface area contributed by atoms with Gasteiger partial charge in [-0.2, -0.15) is 0 Å². The Kier molecular flexibility index (Phi) is 8.24. The lowest BCUT2D eigenvalue weighted by molar-refractivity contribution is -0.140. The van der Waals surface area contributed by atoms with E-state index in [1.165, 1.54) is 0 Å². The summed E-state index contributed by atoms with van der Waals surface area (Å²) in [7, 11) is 5.50. The highest BCUT2D eigenvalue weighted by Crippen LogP contribution is 2.28. The van der Waals surface area contributed by atoms with Crippen molar-refractivity contribution in [3.63, 3.8) is 0 Å². The Balaban J connectivity index is 1.53. The van der Waals surface area contributed by atoms with Crippen LogP contribution in [-0.4, -0.2) is 52.9 Å². The fourth-order valence-corrected chi connectivity index (χ4v) is 4.67. The monoisotopic (exact) mass is 548 g/mol. The molecule has 2 amide bonds. The van der Waals surface area contributed by atoms with Crippen LogP contribution in [0.15, 0.2) is 103 Å². The normalized spacial score (nSPS) is 11.6. The molecule has 0 radical (unpaired) electrons. The van der Waals surface area contributed by atoms with Gasteiger partial charge in [0.25, 0.3) is 5.91 Å². The minimum atomic E-state index is -0.933. The molecule has 5 aromatic rings. The first kappa shape index (κ1) is 27.4. The molecule has 9 heteroatoms. The molecule has 5 rings (SSSR count). The first-order valence-electron chi connectivity index (χ1n) is 13.3. The molecule has 0 spiro atoms. The van der Waals surface area contributed by atoms with Crippen LogP contribution in [0.5, 0.6) is 5.75 Å². The predicted octanol–water partition coefficient (Wildman–Crippen LogP) is 4.91. The van der Waals surface area contributed by atoms with Gasteiger partial charge < -0.3 is 19.9 Å². The van der Waals surface area contributed by atoms with Gasteiger partial charge in [-0.3, -0.25) is 9.59 Å². The van der Waals surface area contributed by atoms with Gasteiger partial charge in [0.15, 0.2) is 0 Å². The van der Waals surface area contributed by atoms with Gasteiger partial charge in [0.1, 0.15) is 23.9 Å². The average Bonchev–Trinajstić information content (AvgIpc) is 3.40.